The van der Waals surface area contributed by atoms with Crippen LogP contribution in [0.25, 0.3) is 0 Å². The molecule has 0 bridgehead atoms. The number of primary amides is 1. The summed E-state index contributed by atoms with van der Waals surface area (Å²) in [5.74, 6) is -5.57. The number of nitrogens with two attached hydrogens (primary N) is 1. The van der Waals surface area contributed by atoms with Gasteiger partial charge in [-0.05, 0) is 12.8 Å². The minimum absolute atomic E-state index is 0.427. The number of carbonyl (C=O) groups excluding carboxylic acids is 1. The Morgan fingerprint density at radius 3 is 2.18 bits per heavy atom. The summed E-state index contributed by atoms with van der Waals surface area (Å²) in [7, 11) is 0. The van der Waals surface area contributed by atoms with Crippen molar-refractivity contribution >= 4 is 5.91 Å². The summed E-state index contributed by atoms with van der Waals surface area (Å²) >= 11 is 0. The van der Waals surface area contributed by atoms with Crippen LogP contribution in [0.2, 0.25) is 0 Å². The first-order chi connectivity index (χ1) is 5.05. The lowest BCUT2D eigenvalue weighted by Gasteiger charge is -2.18. The van der Waals surface area contributed by atoms with Gasteiger partial charge in [-0.25, -0.2) is 0 Å². The van der Waals surface area contributed by atoms with Gasteiger partial charge in [0.1, 0.15) is 0 Å². The number of rotatable bonds is 2. The molecular formula is C7H11F2NO. The van der Waals surface area contributed by atoms with E-state index in [0.29, 0.717) is 12.8 Å². The minimum atomic E-state index is -3.28. The highest BCUT2D eigenvalue weighted by Crippen LogP contribution is 2.37. The van der Waals surface area contributed by atoms with Crippen LogP contribution in [0.4, 0.5) is 8.78 Å². The van der Waals surface area contributed by atoms with Crippen LogP contribution in [0.3, 0.4) is 0 Å². The Bertz CT molecular complexity index is 164. The average molecular weight is 163 g/mol. The molecule has 0 aromatic rings. The zero-order valence-corrected chi connectivity index (χ0v) is 6.15. The fourth-order valence-electron chi connectivity index (χ4n) is 1.49. The van der Waals surface area contributed by atoms with Crippen LogP contribution in [0, 0.1) is 5.92 Å². The lowest BCUT2D eigenvalue weighted by atomic mass is 9.99. The first kappa shape index (κ1) is 8.43. The molecule has 0 unspecified atom stereocenters. The Morgan fingerprint density at radius 1 is 1.36 bits per heavy atom. The van der Waals surface area contributed by atoms with Gasteiger partial charge in [-0.1, -0.05) is 12.8 Å². The monoisotopic (exact) mass is 163 g/mol. The van der Waals surface area contributed by atoms with E-state index in [9.17, 15) is 13.6 Å². The second-order valence-corrected chi connectivity index (χ2v) is 2.97. The SMILES string of the molecule is NC(=O)C(F)(F)C1CCCC1. The predicted molar refractivity (Wildman–Crippen MR) is 36.1 cm³/mol. The molecule has 1 amide bonds. The summed E-state index contributed by atoms with van der Waals surface area (Å²) in [5.41, 5.74) is 4.56. The molecule has 2 nitrogen and oxygen atoms in total. The highest BCUT2D eigenvalue weighted by atomic mass is 19.3. The summed E-state index contributed by atoms with van der Waals surface area (Å²) in [6.45, 7) is 0. The standard InChI is InChI=1S/C7H11F2NO/c8-7(9,6(10)11)5-3-1-2-4-5/h5H,1-4H2,(H2,10,11). The van der Waals surface area contributed by atoms with Gasteiger partial charge in [0.15, 0.2) is 0 Å². The van der Waals surface area contributed by atoms with E-state index in [1.807, 2.05) is 0 Å². The maximum atomic E-state index is 12.8. The van der Waals surface area contributed by atoms with E-state index in [0.717, 1.165) is 12.8 Å². The first-order valence-corrected chi connectivity index (χ1v) is 3.73. The molecular weight excluding hydrogens is 152 g/mol. The third-order valence-electron chi connectivity index (χ3n) is 2.20. The van der Waals surface area contributed by atoms with Crippen molar-refractivity contribution < 1.29 is 13.6 Å². The Labute approximate surface area is 63.8 Å². The van der Waals surface area contributed by atoms with Gasteiger partial charge >= 0.3 is 5.92 Å². The van der Waals surface area contributed by atoms with Crippen LogP contribution in [-0.4, -0.2) is 11.8 Å². The number of hydrogen-bond donors (Lipinski definition) is 1. The largest absolute Gasteiger partial charge is 0.364 e. The third kappa shape index (κ3) is 1.49. The number of hydrogen-bond acceptors (Lipinski definition) is 1. The lowest BCUT2D eigenvalue weighted by Crippen LogP contribution is -2.41. The molecule has 64 valence electrons. The van der Waals surface area contributed by atoms with E-state index in [1.54, 1.807) is 0 Å². The topological polar surface area (TPSA) is 43.1 Å². The van der Waals surface area contributed by atoms with Crippen LogP contribution in [0.5, 0.6) is 0 Å². The molecule has 1 saturated carbocycles. The van der Waals surface area contributed by atoms with Gasteiger partial charge in [-0.2, -0.15) is 8.78 Å². The molecule has 0 atom stereocenters. The predicted octanol–water partition coefficient (Wildman–Crippen LogP) is 1.30. The molecule has 0 saturated heterocycles. The number of alkyl halides is 2. The van der Waals surface area contributed by atoms with E-state index in [-0.39, 0.29) is 0 Å². The van der Waals surface area contributed by atoms with Gasteiger partial charge in [0, 0.05) is 5.92 Å². The van der Waals surface area contributed by atoms with Gasteiger partial charge < -0.3 is 5.73 Å². The lowest BCUT2D eigenvalue weighted by molar-refractivity contribution is -0.149. The fraction of sp³-hybridized carbons (Fsp3) is 0.857. The maximum Gasteiger partial charge on any atom is 0.327 e. The molecule has 1 rings (SSSR count). The highest BCUT2D eigenvalue weighted by Gasteiger charge is 2.46. The molecule has 0 spiro atoms. The van der Waals surface area contributed by atoms with Gasteiger partial charge in [-0.3, -0.25) is 4.79 Å². The molecule has 0 aromatic carbocycles. The molecule has 4 heteroatoms. The Kier molecular flexibility index (Phi) is 2.11. The Balaban J connectivity index is 2.62. The van der Waals surface area contributed by atoms with Crippen molar-refractivity contribution in [2.24, 2.45) is 11.7 Å². The second-order valence-electron chi connectivity index (χ2n) is 2.97. The van der Waals surface area contributed by atoms with E-state index >= 15 is 0 Å². The molecule has 0 heterocycles. The molecule has 1 fully saturated rings. The molecule has 1 aliphatic carbocycles. The van der Waals surface area contributed by atoms with E-state index in [4.69, 9.17) is 0 Å². The molecule has 11 heavy (non-hydrogen) atoms. The first-order valence-electron chi connectivity index (χ1n) is 3.73. The zero-order valence-electron chi connectivity index (χ0n) is 6.15. The summed E-state index contributed by atoms with van der Waals surface area (Å²) in [5, 5.41) is 0. The van der Waals surface area contributed by atoms with Crippen LogP contribution < -0.4 is 5.73 Å². The summed E-state index contributed by atoms with van der Waals surface area (Å²) < 4.78 is 25.6. The van der Waals surface area contributed by atoms with E-state index in [2.05, 4.69) is 5.73 Å². The smallest absolute Gasteiger partial charge is 0.327 e. The Hall–Kier alpha value is -0.670. The minimum Gasteiger partial charge on any atom is -0.364 e. The summed E-state index contributed by atoms with van der Waals surface area (Å²) in [6.07, 6.45) is 2.42. The quantitative estimate of drug-likeness (QED) is 0.655. The van der Waals surface area contributed by atoms with Crippen LogP contribution in [0.15, 0.2) is 0 Å². The average Bonchev–Trinajstić information content (AvgIpc) is 2.37. The summed E-state index contributed by atoms with van der Waals surface area (Å²) in [6, 6.07) is 0. The summed E-state index contributed by atoms with van der Waals surface area (Å²) in [4.78, 5) is 10.3. The van der Waals surface area contributed by atoms with E-state index in [1.165, 1.54) is 0 Å². The van der Waals surface area contributed by atoms with E-state index < -0.39 is 17.7 Å². The number of amides is 1. The van der Waals surface area contributed by atoms with Crippen LogP contribution in [-0.2, 0) is 4.79 Å². The van der Waals surface area contributed by atoms with Crippen molar-refractivity contribution in [2.45, 2.75) is 31.6 Å². The van der Waals surface area contributed by atoms with Gasteiger partial charge in [0.2, 0.25) is 0 Å². The molecule has 1 aliphatic rings. The van der Waals surface area contributed by atoms with Gasteiger partial charge in [0.05, 0.1) is 0 Å². The van der Waals surface area contributed by atoms with Crippen molar-refractivity contribution in [1.82, 2.24) is 0 Å². The van der Waals surface area contributed by atoms with Crippen molar-refractivity contribution in [3.05, 3.63) is 0 Å². The second kappa shape index (κ2) is 2.75. The van der Waals surface area contributed by atoms with Gasteiger partial charge in [0.25, 0.3) is 5.91 Å². The third-order valence-corrected chi connectivity index (χ3v) is 2.20. The molecule has 0 aliphatic heterocycles. The maximum absolute atomic E-state index is 12.8. The van der Waals surface area contributed by atoms with Gasteiger partial charge in [-0.15, -0.1) is 0 Å². The Morgan fingerprint density at radius 2 is 1.82 bits per heavy atom. The molecule has 0 aromatic heterocycles. The van der Waals surface area contributed by atoms with Crippen LogP contribution in [0.1, 0.15) is 25.7 Å². The molecule has 0 radical (unpaired) electrons. The normalized spacial score (nSPS) is 20.5. The van der Waals surface area contributed by atoms with Crippen molar-refractivity contribution in [1.29, 1.82) is 0 Å². The number of halogens is 2. The van der Waals surface area contributed by atoms with Crippen molar-refractivity contribution in [3.8, 4) is 0 Å². The van der Waals surface area contributed by atoms with Crippen LogP contribution >= 0.6 is 0 Å². The molecule has 2 N–H and O–H groups in total. The number of carbonyl (C=O) groups is 1. The van der Waals surface area contributed by atoms with Crippen molar-refractivity contribution in [3.63, 3.8) is 0 Å². The van der Waals surface area contributed by atoms with Crippen molar-refractivity contribution in [2.75, 3.05) is 0 Å². The fourth-order valence-corrected chi connectivity index (χ4v) is 1.49. The zero-order chi connectivity index (χ0) is 8.48. The highest BCUT2D eigenvalue weighted by molar-refractivity contribution is 5.81.